The highest BCUT2D eigenvalue weighted by Crippen LogP contribution is 2.35. The molecule has 3 rings (SSSR count). The third-order valence-corrected chi connectivity index (χ3v) is 3.98. The van der Waals surface area contributed by atoms with E-state index in [1.165, 1.54) is 0 Å². The number of ether oxygens (including phenoxy) is 3. The van der Waals surface area contributed by atoms with Gasteiger partial charge in [0.2, 0.25) is 0 Å². The van der Waals surface area contributed by atoms with Gasteiger partial charge in [-0.2, -0.15) is 0 Å². The van der Waals surface area contributed by atoms with E-state index >= 15 is 0 Å². The maximum atomic E-state index is 9.53. The molecule has 2 N–H and O–H groups in total. The lowest BCUT2D eigenvalue weighted by atomic mass is 10.1. The smallest absolute Gasteiger partial charge is 0.107 e. The summed E-state index contributed by atoms with van der Waals surface area (Å²) in [5.74, 6) is 0. The molecule has 0 bridgehead atoms. The van der Waals surface area contributed by atoms with Gasteiger partial charge in [-0.15, -0.1) is 0 Å². The van der Waals surface area contributed by atoms with Crippen LogP contribution in [-0.4, -0.2) is 60.1 Å². The van der Waals surface area contributed by atoms with Gasteiger partial charge < -0.3 is 24.4 Å². The van der Waals surface area contributed by atoms with Crippen LogP contribution in [0.15, 0.2) is 0 Å². The van der Waals surface area contributed by atoms with Crippen molar-refractivity contribution in [1.82, 2.24) is 0 Å². The van der Waals surface area contributed by atoms with E-state index in [1.807, 2.05) is 0 Å². The molecule has 0 aromatic carbocycles. The number of aliphatic hydroxyl groups excluding tert-OH is 2. The van der Waals surface area contributed by atoms with Crippen molar-refractivity contribution in [2.75, 3.05) is 13.2 Å². The summed E-state index contributed by atoms with van der Waals surface area (Å²) >= 11 is 0. The van der Waals surface area contributed by atoms with Crippen molar-refractivity contribution in [2.24, 2.45) is 0 Å². The standard InChI is InChI=1S/C12H20O5/c13-5-7(14)8-1-2-9(16-8)10-3-4-11(17-10)12-6-15-12/h7-14H,1-6H2/t7-,8+,9+,10+,11+,12+/m0/s1. The van der Waals surface area contributed by atoms with Crippen LogP contribution in [0.3, 0.4) is 0 Å². The molecular formula is C12H20O5. The Balaban J connectivity index is 1.49. The van der Waals surface area contributed by atoms with Crippen molar-refractivity contribution in [3.8, 4) is 0 Å². The van der Waals surface area contributed by atoms with Crippen LogP contribution in [0.5, 0.6) is 0 Å². The molecule has 0 unspecified atom stereocenters. The molecule has 5 heteroatoms. The Bertz CT molecular complexity index is 268. The summed E-state index contributed by atoms with van der Waals surface area (Å²) in [6, 6.07) is 0. The van der Waals surface area contributed by atoms with Crippen molar-refractivity contribution < 1.29 is 24.4 Å². The number of epoxide rings is 1. The van der Waals surface area contributed by atoms with Gasteiger partial charge in [-0.05, 0) is 25.7 Å². The van der Waals surface area contributed by atoms with E-state index in [1.54, 1.807) is 0 Å². The van der Waals surface area contributed by atoms with Crippen molar-refractivity contribution >= 4 is 0 Å². The average molecular weight is 244 g/mol. The fourth-order valence-corrected chi connectivity index (χ4v) is 2.87. The monoisotopic (exact) mass is 244 g/mol. The Morgan fingerprint density at radius 1 is 0.941 bits per heavy atom. The minimum Gasteiger partial charge on any atom is -0.394 e. The lowest BCUT2D eigenvalue weighted by Gasteiger charge is -2.21. The fraction of sp³-hybridized carbons (Fsp3) is 1.00. The molecule has 3 aliphatic heterocycles. The molecule has 0 spiro atoms. The van der Waals surface area contributed by atoms with Gasteiger partial charge in [-0.25, -0.2) is 0 Å². The van der Waals surface area contributed by atoms with E-state index in [0.717, 1.165) is 32.3 Å². The first-order chi connectivity index (χ1) is 8.28. The lowest BCUT2D eigenvalue weighted by Crippen LogP contribution is -2.33. The summed E-state index contributed by atoms with van der Waals surface area (Å²) in [5.41, 5.74) is 0. The van der Waals surface area contributed by atoms with Gasteiger partial charge in [0, 0.05) is 0 Å². The Morgan fingerprint density at radius 3 is 2.18 bits per heavy atom. The molecule has 0 aromatic rings. The fourth-order valence-electron chi connectivity index (χ4n) is 2.87. The van der Waals surface area contributed by atoms with E-state index in [2.05, 4.69) is 0 Å². The molecule has 0 amide bonds. The number of hydrogen-bond acceptors (Lipinski definition) is 5. The second-order valence-corrected chi connectivity index (χ2v) is 5.20. The van der Waals surface area contributed by atoms with Crippen molar-refractivity contribution in [1.29, 1.82) is 0 Å². The maximum absolute atomic E-state index is 9.53. The van der Waals surface area contributed by atoms with E-state index in [-0.39, 0.29) is 31.0 Å². The molecule has 3 heterocycles. The van der Waals surface area contributed by atoms with Gasteiger partial charge in [0.15, 0.2) is 0 Å². The second-order valence-electron chi connectivity index (χ2n) is 5.20. The van der Waals surface area contributed by atoms with Crippen LogP contribution < -0.4 is 0 Å². The maximum Gasteiger partial charge on any atom is 0.107 e. The summed E-state index contributed by atoms with van der Waals surface area (Å²) in [7, 11) is 0. The van der Waals surface area contributed by atoms with Crippen molar-refractivity contribution in [3.63, 3.8) is 0 Å². The van der Waals surface area contributed by atoms with Crippen LogP contribution >= 0.6 is 0 Å². The average Bonchev–Trinajstić information content (AvgIpc) is 2.91. The molecule has 0 saturated carbocycles. The molecule has 3 fully saturated rings. The highest BCUT2D eigenvalue weighted by atomic mass is 16.6. The molecule has 98 valence electrons. The molecule has 5 nitrogen and oxygen atoms in total. The molecule has 0 aliphatic carbocycles. The molecule has 17 heavy (non-hydrogen) atoms. The van der Waals surface area contributed by atoms with Gasteiger partial charge in [0.05, 0.1) is 37.6 Å². The van der Waals surface area contributed by atoms with E-state index in [0.29, 0.717) is 6.10 Å². The van der Waals surface area contributed by atoms with Crippen LogP contribution in [0, 0.1) is 0 Å². The quantitative estimate of drug-likeness (QED) is 0.672. The van der Waals surface area contributed by atoms with Crippen LogP contribution in [0.2, 0.25) is 0 Å². The summed E-state index contributed by atoms with van der Waals surface area (Å²) < 4.78 is 16.9. The Morgan fingerprint density at radius 2 is 1.53 bits per heavy atom. The first-order valence-corrected chi connectivity index (χ1v) is 6.49. The minimum atomic E-state index is -0.760. The minimum absolute atomic E-state index is 0.0740. The van der Waals surface area contributed by atoms with Gasteiger partial charge in [-0.3, -0.25) is 0 Å². The Hall–Kier alpha value is -0.200. The van der Waals surface area contributed by atoms with E-state index in [9.17, 15) is 5.11 Å². The summed E-state index contributed by atoms with van der Waals surface area (Å²) in [5, 5.41) is 18.4. The Labute approximate surface area is 101 Å². The first kappa shape index (κ1) is 11.9. The van der Waals surface area contributed by atoms with Crippen LogP contribution in [-0.2, 0) is 14.2 Å². The van der Waals surface area contributed by atoms with Gasteiger partial charge >= 0.3 is 0 Å². The Kier molecular flexibility index (Phi) is 3.36. The van der Waals surface area contributed by atoms with Crippen LogP contribution in [0.1, 0.15) is 25.7 Å². The summed E-state index contributed by atoms with van der Waals surface area (Å²) in [6.45, 7) is 0.593. The van der Waals surface area contributed by atoms with Gasteiger partial charge in [0.1, 0.15) is 12.2 Å². The predicted octanol–water partition coefficient (Wildman–Crippen LogP) is -0.166. The highest BCUT2D eigenvalue weighted by Gasteiger charge is 2.44. The van der Waals surface area contributed by atoms with Crippen LogP contribution in [0.25, 0.3) is 0 Å². The number of hydrogen-bond donors (Lipinski definition) is 2. The topological polar surface area (TPSA) is 71.5 Å². The van der Waals surface area contributed by atoms with Gasteiger partial charge in [-0.1, -0.05) is 0 Å². The zero-order chi connectivity index (χ0) is 11.8. The molecular weight excluding hydrogens is 224 g/mol. The van der Waals surface area contributed by atoms with Crippen LogP contribution in [0.4, 0.5) is 0 Å². The van der Waals surface area contributed by atoms with Gasteiger partial charge in [0.25, 0.3) is 0 Å². The second kappa shape index (κ2) is 4.82. The SMILES string of the molecule is OC[C@H](O)[C@H]1CC[C@H]([C@H]2CC[C@H]([C@H]3CO3)O2)O1. The molecule has 0 radical (unpaired) electrons. The zero-order valence-corrected chi connectivity index (χ0v) is 9.83. The molecule has 0 aromatic heterocycles. The van der Waals surface area contributed by atoms with E-state index in [4.69, 9.17) is 19.3 Å². The predicted molar refractivity (Wildman–Crippen MR) is 58.6 cm³/mol. The van der Waals surface area contributed by atoms with E-state index < -0.39 is 6.10 Å². The number of aliphatic hydroxyl groups is 2. The zero-order valence-electron chi connectivity index (χ0n) is 9.83. The summed E-state index contributed by atoms with van der Waals surface area (Å²) in [6.07, 6.45) is 3.53. The highest BCUT2D eigenvalue weighted by molar-refractivity contribution is 4.91. The number of rotatable bonds is 4. The lowest BCUT2D eigenvalue weighted by molar-refractivity contribution is -0.102. The molecule has 6 atom stereocenters. The van der Waals surface area contributed by atoms with Crippen molar-refractivity contribution in [2.45, 2.75) is 62.3 Å². The van der Waals surface area contributed by atoms with Crippen molar-refractivity contribution in [3.05, 3.63) is 0 Å². The normalized spacial score (nSPS) is 47.3. The largest absolute Gasteiger partial charge is 0.394 e. The molecule has 3 saturated heterocycles. The summed E-state index contributed by atoms with van der Waals surface area (Å²) in [4.78, 5) is 0. The first-order valence-electron chi connectivity index (χ1n) is 6.49. The third-order valence-electron chi connectivity index (χ3n) is 3.98. The molecule has 3 aliphatic rings. The third kappa shape index (κ3) is 2.48.